The highest BCUT2D eigenvalue weighted by Crippen LogP contribution is 2.25. The van der Waals surface area contributed by atoms with Crippen molar-refractivity contribution in [3.63, 3.8) is 0 Å². The molecule has 0 saturated heterocycles. The summed E-state index contributed by atoms with van der Waals surface area (Å²) in [7, 11) is 5.67. The van der Waals surface area contributed by atoms with E-state index in [1.54, 1.807) is 7.11 Å². The Balaban J connectivity index is 1.60. The number of amides is 1. The minimum absolute atomic E-state index is 0.0638. The maximum Gasteiger partial charge on any atom is 0.255 e. The first-order valence-corrected chi connectivity index (χ1v) is 11.3. The lowest BCUT2D eigenvalue weighted by Crippen LogP contribution is -2.34. The Morgan fingerprint density at radius 2 is 1.62 bits per heavy atom. The molecule has 4 aromatic rings. The fourth-order valence-corrected chi connectivity index (χ4v) is 3.96. The highest BCUT2D eigenvalue weighted by molar-refractivity contribution is 5.99. The van der Waals surface area contributed by atoms with Gasteiger partial charge in [0.05, 0.1) is 25.3 Å². The summed E-state index contributed by atoms with van der Waals surface area (Å²) in [4.78, 5) is 15.5. The monoisotopic (exact) mass is 454 g/mol. The van der Waals surface area contributed by atoms with Gasteiger partial charge in [0.25, 0.3) is 5.91 Å². The fourth-order valence-electron chi connectivity index (χ4n) is 3.96. The smallest absolute Gasteiger partial charge is 0.255 e. The zero-order chi connectivity index (χ0) is 23.9. The van der Waals surface area contributed by atoms with Crippen LogP contribution in [0.2, 0.25) is 0 Å². The van der Waals surface area contributed by atoms with Crippen molar-refractivity contribution < 1.29 is 9.53 Å². The van der Waals surface area contributed by atoms with Gasteiger partial charge in [-0.05, 0) is 49.5 Å². The highest BCUT2D eigenvalue weighted by atomic mass is 16.5. The van der Waals surface area contributed by atoms with Crippen molar-refractivity contribution in [3.8, 4) is 17.0 Å². The number of carbonyl (C=O) groups excluding carboxylic acids is 1. The number of rotatable bonds is 9. The third-order valence-corrected chi connectivity index (χ3v) is 5.82. The van der Waals surface area contributed by atoms with E-state index >= 15 is 0 Å². The highest BCUT2D eigenvalue weighted by Gasteiger charge is 2.21. The topological polar surface area (TPSA) is 59.4 Å². The molecule has 6 nitrogen and oxygen atoms in total. The Morgan fingerprint density at radius 1 is 0.971 bits per heavy atom. The van der Waals surface area contributed by atoms with Crippen molar-refractivity contribution in [2.75, 3.05) is 27.7 Å². The van der Waals surface area contributed by atoms with E-state index in [0.717, 1.165) is 22.4 Å². The van der Waals surface area contributed by atoms with Gasteiger partial charge in [-0.3, -0.25) is 9.48 Å². The number of benzene rings is 3. The summed E-state index contributed by atoms with van der Waals surface area (Å²) in [6.45, 7) is 1.07. The van der Waals surface area contributed by atoms with Crippen molar-refractivity contribution in [2.45, 2.75) is 12.6 Å². The van der Waals surface area contributed by atoms with Crippen molar-refractivity contribution in [1.29, 1.82) is 0 Å². The van der Waals surface area contributed by atoms with Crippen LogP contribution in [0.4, 0.5) is 0 Å². The quantitative estimate of drug-likeness (QED) is 0.400. The van der Waals surface area contributed by atoms with Crippen LogP contribution in [0.3, 0.4) is 0 Å². The maximum atomic E-state index is 13.4. The number of nitrogens with one attached hydrogen (secondary N) is 1. The molecule has 4 rings (SSSR count). The minimum Gasteiger partial charge on any atom is -0.497 e. The lowest BCUT2D eigenvalue weighted by molar-refractivity contribution is 0.0942. The van der Waals surface area contributed by atoms with Crippen LogP contribution in [0, 0.1) is 0 Å². The lowest BCUT2D eigenvalue weighted by atomic mass is 10.1. The number of hydrogen-bond acceptors (Lipinski definition) is 4. The van der Waals surface area contributed by atoms with Crippen LogP contribution in [-0.4, -0.2) is 48.3 Å². The van der Waals surface area contributed by atoms with Gasteiger partial charge in [-0.15, -0.1) is 0 Å². The number of aromatic nitrogens is 2. The second-order valence-electron chi connectivity index (χ2n) is 8.40. The van der Waals surface area contributed by atoms with Crippen molar-refractivity contribution in [3.05, 3.63) is 108 Å². The summed E-state index contributed by atoms with van der Waals surface area (Å²) in [5, 5.41) is 7.91. The van der Waals surface area contributed by atoms with Gasteiger partial charge in [0.15, 0.2) is 0 Å². The molecule has 1 heterocycles. The predicted molar refractivity (Wildman–Crippen MR) is 135 cm³/mol. The zero-order valence-corrected chi connectivity index (χ0v) is 19.8. The van der Waals surface area contributed by atoms with Crippen LogP contribution in [0.1, 0.15) is 27.5 Å². The Morgan fingerprint density at radius 3 is 2.24 bits per heavy atom. The summed E-state index contributed by atoms with van der Waals surface area (Å²) in [5.41, 5.74) is 4.34. The van der Waals surface area contributed by atoms with Crippen LogP contribution in [0.25, 0.3) is 11.3 Å². The third kappa shape index (κ3) is 5.53. The molecule has 1 aromatic heterocycles. The number of nitrogens with zero attached hydrogens (tertiary/aromatic N) is 3. The number of likely N-dealkylation sites (N-methyl/N-ethyl adjacent to an activating group) is 1. The normalized spacial score (nSPS) is 11.9. The number of carbonyl (C=O) groups is 1. The first-order chi connectivity index (χ1) is 16.5. The predicted octanol–water partition coefficient (Wildman–Crippen LogP) is 4.64. The summed E-state index contributed by atoms with van der Waals surface area (Å²) >= 11 is 0. The van der Waals surface area contributed by atoms with Gasteiger partial charge < -0.3 is 15.0 Å². The number of ether oxygens (including phenoxy) is 1. The van der Waals surface area contributed by atoms with Gasteiger partial charge in [-0.2, -0.15) is 5.10 Å². The van der Waals surface area contributed by atoms with E-state index in [1.807, 2.05) is 85.6 Å². The molecule has 0 aliphatic rings. The largest absolute Gasteiger partial charge is 0.497 e. The zero-order valence-electron chi connectivity index (χ0n) is 19.8. The van der Waals surface area contributed by atoms with Crippen molar-refractivity contribution >= 4 is 5.91 Å². The SMILES string of the molecule is COc1ccc(-c2nn(Cc3ccccc3)cc2C(=O)NC[C@H](c2ccccc2)N(C)C)cc1. The molecule has 0 spiro atoms. The molecule has 0 unspecified atom stereocenters. The fraction of sp³-hybridized carbons (Fsp3) is 0.214. The van der Waals surface area contributed by atoms with Gasteiger partial charge >= 0.3 is 0 Å². The molecule has 6 heteroatoms. The van der Waals surface area contributed by atoms with Crippen LogP contribution in [-0.2, 0) is 6.54 Å². The Labute approximate surface area is 200 Å². The number of hydrogen-bond donors (Lipinski definition) is 1. The summed E-state index contributed by atoms with van der Waals surface area (Å²) in [5.74, 6) is 0.614. The molecule has 3 aromatic carbocycles. The Hall–Kier alpha value is -3.90. The van der Waals surface area contributed by atoms with Crippen molar-refractivity contribution in [2.24, 2.45) is 0 Å². The van der Waals surface area contributed by atoms with Gasteiger partial charge in [-0.1, -0.05) is 60.7 Å². The minimum atomic E-state index is -0.145. The van der Waals surface area contributed by atoms with Crippen LogP contribution < -0.4 is 10.1 Å². The summed E-state index contributed by atoms with van der Waals surface area (Å²) < 4.78 is 7.11. The van der Waals surface area contributed by atoms with E-state index in [1.165, 1.54) is 0 Å². The third-order valence-electron chi connectivity index (χ3n) is 5.82. The van der Waals surface area contributed by atoms with E-state index in [-0.39, 0.29) is 11.9 Å². The van der Waals surface area contributed by atoms with Gasteiger partial charge in [-0.25, -0.2) is 0 Å². The molecule has 1 amide bonds. The maximum absolute atomic E-state index is 13.4. The Kier molecular flexibility index (Phi) is 7.40. The van der Waals surface area contributed by atoms with Crippen molar-refractivity contribution in [1.82, 2.24) is 20.0 Å². The van der Waals surface area contributed by atoms with E-state index in [9.17, 15) is 4.79 Å². The molecule has 0 aliphatic heterocycles. The molecule has 34 heavy (non-hydrogen) atoms. The molecule has 0 bridgehead atoms. The second-order valence-corrected chi connectivity index (χ2v) is 8.40. The van der Waals surface area contributed by atoms with Gasteiger partial charge in [0.2, 0.25) is 0 Å². The van der Waals surface area contributed by atoms with E-state index in [0.29, 0.717) is 24.3 Å². The molecule has 1 N–H and O–H groups in total. The Bertz CT molecular complexity index is 1200. The average Bonchev–Trinajstić information content (AvgIpc) is 3.29. The lowest BCUT2D eigenvalue weighted by Gasteiger charge is -2.25. The molecule has 174 valence electrons. The average molecular weight is 455 g/mol. The molecule has 0 aliphatic carbocycles. The first kappa shape index (κ1) is 23.3. The first-order valence-electron chi connectivity index (χ1n) is 11.3. The summed E-state index contributed by atoms with van der Waals surface area (Å²) in [6.07, 6.45) is 1.83. The molecule has 0 fully saturated rings. The summed E-state index contributed by atoms with van der Waals surface area (Å²) in [6, 6.07) is 28.0. The van der Waals surface area contributed by atoms with E-state index in [2.05, 4.69) is 34.5 Å². The standard InChI is InChI=1S/C28H30N4O2/c1-31(2)26(22-12-8-5-9-13-22)18-29-28(33)25-20-32(19-21-10-6-4-7-11-21)30-27(25)23-14-16-24(34-3)17-15-23/h4-17,20,26H,18-19H2,1-3H3,(H,29,33)/t26-/m1/s1. The van der Waals surface area contributed by atoms with Crippen LogP contribution >= 0.6 is 0 Å². The van der Waals surface area contributed by atoms with Gasteiger partial charge in [0.1, 0.15) is 11.4 Å². The molecule has 0 radical (unpaired) electrons. The molecule has 0 saturated carbocycles. The van der Waals surface area contributed by atoms with E-state index < -0.39 is 0 Å². The van der Waals surface area contributed by atoms with Crippen LogP contribution in [0.15, 0.2) is 91.1 Å². The molecular formula is C28H30N4O2. The molecule has 1 atom stereocenters. The van der Waals surface area contributed by atoms with Crippen LogP contribution in [0.5, 0.6) is 5.75 Å². The molecular weight excluding hydrogens is 424 g/mol. The number of methoxy groups -OCH3 is 1. The van der Waals surface area contributed by atoms with Gasteiger partial charge in [0, 0.05) is 18.3 Å². The second kappa shape index (κ2) is 10.8. The van der Waals surface area contributed by atoms with E-state index in [4.69, 9.17) is 9.84 Å².